The Morgan fingerprint density at radius 1 is 0.523 bits per heavy atom. The highest BCUT2D eigenvalue weighted by Gasteiger charge is 2.16. The van der Waals surface area contributed by atoms with E-state index >= 15 is 0 Å². The van der Waals surface area contributed by atoms with Crippen molar-refractivity contribution in [3.05, 3.63) is 110 Å². The van der Waals surface area contributed by atoms with Crippen LogP contribution >= 0.6 is 0 Å². The predicted octanol–water partition coefficient (Wildman–Crippen LogP) is 4.83. The van der Waals surface area contributed by atoms with Crippen molar-refractivity contribution in [1.82, 2.24) is 0 Å². The maximum absolute atomic E-state index is 11.7. The fourth-order valence-electron chi connectivity index (χ4n) is 3.59. The van der Waals surface area contributed by atoms with Crippen molar-refractivity contribution in [2.45, 2.75) is 12.2 Å². The van der Waals surface area contributed by atoms with E-state index in [4.69, 9.17) is 37.9 Å². The first-order valence-electron chi connectivity index (χ1n) is 14.1. The van der Waals surface area contributed by atoms with Gasteiger partial charge in [-0.3, -0.25) is 0 Å². The Morgan fingerprint density at radius 3 is 1.34 bits per heavy atom. The number of benzene rings is 3. The molecule has 44 heavy (non-hydrogen) atoms. The minimum Gasteiger partial charge on any atom is -0.491 e. The molecule has 0 fully saturated rings. The van der Waals surface area contributed by atoms with Gasteiger partial charge < -0.3 is 37.9 Å². The number of para-hydroxylation sites is 2. The van der Waals surface area contributed by atoms with Gasteiger partial charge in [-0.05, 0) is 36.4 Å². The summed E-state index contributed by atoms with van der Waals surface area (Å²) in [5, 5.41) is 0. The fourth-order valence-corrected chi connectivity index (χ4v) is 3.59. The molecule has 10 nitrogen and oxygen atoms in total. The lowest BCUT2D eigenvalue weighted by Crippen LogP contribution is -2.30. The Labute approximate surface area is 257 Å². The maximum Gasteiger partial charge on any atom is 0.330 e. The highest BCUT2D eigenvalue weighted by atomic mass is 16.6. The second-order valence-corrected chi connectivity index (χ2v) is 9.10. The highest BCUT2D eigenvalue weighted by Crippen LogP contribution is 2.19. The quantitative estimate of drug-likeness (QED) is 0.0897. The van der Waals surface area contributed by atoms with Gasteiger partial charge in [0.1, 0.15) is 49.4 Å². The van der Waals surface area contributed by atoms with Gasteiger partial charge >= 0.3 is 11.9 Å². The van der Waals surface area contributed by atoms with Crippen LogP contribution < -0.4 is 18.9 Å². The van der Waals surface area contributed by atoms with Crippen LogP contribution in [0.3, 0.4) is 0 Å². The summed E-state index contributed by atoms with van der Waals surface area (Å²) in [6, 6.07) is 25.6. The average Bonchev–Trinajstić information content (AvgIpc) is 3.06. The zero-order valence-corrected chi connectivity index (χ0v) is 24.5. The average molecular weight is 607 g/mol. The lowest BCUT2D eigenvalue weighted by atomic mass is 10.3. The molecule has 0 spiro atoms. The summed E-state index contributed by atoms with van der Waals surface area (Å²) in [5.41, 5.74) is 0. The van der Waals surface area contributed by atoms with Gasteiger partial charge in [0.2, 0.25) is 0 Å². The number of hydrogen-bond donors (Lipinski definition) is 0. The largest absolute Gasteiger partial charge is 0.491 e. The van der Waals surface area contributed by atoms with E-state index in [1.807, 2.05) is 66.7 Å². The molecular formula is C34H38O10. The molecule has 0 aliphatic carbocycles. The topological polar surface area (TPSA) is 108 Å². The number of ether oxygens (including phenoxy) is 8. The lowest BCUT2D eigenvalue weighted by Gasteiger charge is -2.18. The Bertz CT molecular complexity index is 1170. The Morgan fingerprint density at radius 2 is 0.932 bits per heavy atom. The normalized spacial score (nSPS) is 11.8. The van der Waals surface area contributed by atoms with Gasteiger partial charge in [0.05, 0.1) is 26.4 Å². The third-order valence-corrected chi connectivity index (χ3v) is 5.66. The zero-order chi connectivity index (χ0) is 31.2. The van der Waals surface area contributed by atoms with E-state index in [1.54, 1.807) is 18.2 Å². The minimum absolute atomic E-state index is 0.130. The second-order valence-electron chi connectivity index (χ2n) is 9.10. The van der Waals surface area contributed by atoms with Gasteiger partial charge in [0, 0.05) is 18.2 Å². The van der Waals surface area contributed by atoms with Crippen molar-refractivity contribution >= 4 is 11.9 Å². The molecule has 0 aromatic heterocycles. The van der Waals surface area contributed by atoms with E-state index in [0.717, 1.165) is 12.2 Å². The third kappa shape index (κ3) is 13.9. The Hall–Kier alpha value is -4.80. The Balaban J connectivity index is 1.33. The molecule has 0 saturated heterocycles. The van der Waals surface area contributed by atoms with E-state index in [2.05, 4.69) is 13.2 Å². The lowest BCUT2D eigenvalue weighted by molar-refractivity contribution is -0.149. The molecule has 3 rings (SSSR count). The number of rotatable bonds is 22. The summed E-state index contributed by atoms with van der Waals surface area (Å²) < 4.78 is 44.8. The molecular weight excluding hydrogens is 568 g/mol. The Kier molecular flexibility index (Phi) is 15.4. The minimum atomic E-state index is -0.611. The molecule has 0 amide bonds. The fraction of sp³-hybridized carbons (Fsp3) is 0.294. The zero-order valence-electron chi connectivity index (χ0n) is 24.5. The van der Waals surface area contributed by atoms with Crippen LogP contribution in [0.5, 0.6) is 23.0 Å². The molecule has 234 valence electrons. The van der Waals surface area contributed by atoms with E-state index in [0.29, 0.717) is 23.0 Å². The number of hydrogen-bond acceptors (Lipinski definition) is 10. The van der Waals surface area contributed by atoms with Crippen LogP contribution in [-0.4, -0.2) is 77.0 Å². The monoisotopic (exact) mass is 606 g/mol. The maximum atomic E-state index is 11.7. The summed E-state index contributed by atoms with van der Waals surface area (Å²) >= 11 is 0. The molecule has 0 radical (unpaired) electrons. The second kappa shape index (κ2) is 20.2. The van der Waals surface area contributed by atoms with Crippen LogP contribution in [0.25, 0.3) is 0 Å². The van der Waals surface area contributed by atoms with Crippen LogP contribution in [0.2, 0.25) is 0 Å². The molecule has 3 aromatic carbocycles. The molecule has 3 aromatic rings. The van der Waals surface area contributed by atoms with Crippen LogP contribution in [0.1, 0.15) is 0 Å². The van der Waals surface area contributed by atoms with Crippen LogP contribution in [-0.2, 0) is 28.5 Å². The molecule has 0 saturated carbocycles. The van der Waals surface area contributed by atoms with Crippen LogP contribution in [0, 0.1) is 0 Å². The van der Waals surface area contributed by atoms with Gasteiger partial charge in [-0.15, -0.1) is 0 Å². The van der Waals surface area contributed by atoms with Crippen molar-refractivity contribution in [2.75, 3.05) is 52.9 Å². The standard InChI is InChI=1S/C34H38O10/c1-3-33(35)43-31(25-41-27-12-7-5-8-13-27)23-37-18-20-39-29-16-11-17-30(22-29)40-21-19-38-24-32(44-34(36)4-2)26-42-28-14-9-6-10-15-28/h3-17,22,31-32H,1-2,18-21,23-26H2. The third-order valence-electron chi connectivity index (χ3n) is 5.66. The van der Waals surface area contributed by atoms with Crippen molar-refractivity contribution in [3.8, 4) is 23.0 Å². The van der Waals surface area contributed by atoms with E-state index < -0.39 is 24.1 Å². The molecule has 0 aliphatic rings. The van der Waals surface area contributed by atoms with Gasteiger partial charge in [-0.25, -0.2) is 9.59 Å². The highest BCUT2D eigenvalue weighted by molar-refractivity contribution is 5.81. The molecule has 10 heteroatoms. The van der Waals surface area contributed by atoms with Gasteiger partial charge in [0.25, 0.3) is 0 Å². The molecule has 2 unspecified atom stereocenters. The van der Waals surface area contributed by atoms with E-state index in [9.17, 15) is 9.59 Å². The molecule has 2 atom stereocenters. The first-order chi connectivity index (χ1) is 21.6. The van der Waals surface area contributed by atoms with Gasteiger partial charge in [-0.2, -0.15) is 0 Å². The summed E-state index contributed by atoms with van der Waals surface area (Å²) in [5.74, 6) is 1.42. The molecule has 0 heterocycles. The van der Waals surface area contributed by atoms with Crippen LogP contribution in [0.15, 0.2) is 110 Å². The van der Waals surface area contributed by atoms with Crippen molar-refractivity contribution in [1.29, 1.82) is 0 Å². The van der Waals surface area contributed by atoms with Crippen molar-refractivity contribution < 1.29 is 47.5 Å². The number of esters is 2. The van der Waals surface area contributed by atoms with Crippen molar-refractivity contribution in [3.63, 3.8) is 0 Å². The molecule has 0 N–H and O–H groups in total. The molecule has 0 bridgehead atoms. The number of carbonyl (C=O) groups is 2. The summed E-state index contributed by atoms with van der Waals surface area (Å²) in [6.07, 6.45) is 0.972. The first-order valence-corrected chi connectivity index (χ1v) is 14.1. The SMILES string of the molecule is C=CC(=O)OC(COCCOc1cccc(OCCOCC(COc2ccccc2)OC(=O)C=C)c1)COc1ccccc1. The van der Waals surface area contributed by atoms with E-state index in [-0.39, 0.29) is 52.9 Å². The van der Waals surface area contributed by atoms with E-state index in [1.165, 1.54) is 0 Å². The van der Waals surface area contributed by atoms with Gasteiger partial charge in [0.15, 0.2) is 12.2 Å². The predicted molar refractivity (Wildman–Crippen MR) is 163 cm³/mol. The van der Waals surface area contributed by atoms with Crippen LogP contribution in [0.4, 0.5) is 0 Å². The molecule has 0 aliphatic heterocycles. The summed E-state index contributed by atoms with van der Waals surface area (Å²) in [6.45, 7) is 8.45. The summed E-state index contributed by atoms with van der Waals surface area (Å²) in [7, 11) is 0. The summed E-state index contributed by atoms with van der Waals surface area (Å²) in [4.78, 5) is 23.4. The smallest absolute Gasteiger partial charge is 0.330 e. The van der Waals surface area contributed by atoms with Crippen molar-refractivity contribution in [2.24, 2.45) is 0 Å². The van der Waals surface area contributed by atoms with Gasteiger partial charge in [-0.1, -0.05) is 55.6 Å². The number of carbonyl (C=O) groups excluding carboxylic acids is 2. The first kappa shape index (κ1) is 33.7.